The zero-order chi connectivity index (χ0) is 20.0. The van der Waals surface area contributed by atoms with Crippen LogP contribution in [0.4, 0.5) is 0 Å². The molecular formula is C20H27N5O3. The van der Waals surface area contributed by atoms with Crippen LogP contribution in [-0.4, -0.2) is 56.9 Å². The number of hydrogen-bond donors (Lipinski definition) is 1. The number of benzene rings is 1. The number of fused-ring (bicyclic) bond motifs is 1. The number of rotatable bonds is 3. The van der Waals surface area contributed by atoms with Gasteiger partial charge in [-0.1, -0.05) is 12.1 Å². The van der Waals surface area contributed by atoms with Gasteiger partial charge < -0.3 is 5.73 Å². The van der Waals surface area contributed by atoms with Crippen molar-refractivity contribution in [3.8, 4) is 0 Å². The molecule has 2 aliphatic rings. The maximum Gasteiger partial charge on any atom is 0.329 e. The molecule has 0 saturated carbocycles. The van der Waals surface area contributed by atoms with Crippen molar-refractivity contribution >= 4 is 22.8 Å². The molecule has 1 atom stereocenters. The minimum atomic E-state index is -0.637. The normalized spacial score (nSPS) is 22.4. The van der Waals surface area contributed by atoms with Crippen molar-refractivity contribution < 1.29 is 9.59 Å². The number of nitrogens with zero attached hydrogens (tertiary/aromatic N) is 4. The Hall–Kier alpha value is -2.45. The summed E-state index contributed by atoms with van der Waals surface area (Å²) in [6.45, 7) is 2.64. The van der Waals surface area contributed by atoms with Gasteiger partial charge in [-0.25, -0.2) is 4.79 Å². The lowest BCUT2D eigenvalue weighted by atomic mass is 10.0. The molecule has 2 fully saturated rings. The molecule has 150 valence electrons. The van der Waals surface area contributed by atoms with Crippen LogP contribution in [0.15, 0.2) is 23.0 Å². The van der Waals surface area contributed by atoms with Crippen molar-refractivity contribution in [1.29, 1.82) is 0 Å². The van der Waals surface area contributed by atoms with E-state index in [0.29, 0.717) is 6.42 Å². The second-order valence-corrected chi connectivity index (χ2v) is 7.96. The van der Waals surface area contributed by atoms with Crippen molar-refractivity contribution in [3.63, 3.8) is 0 Å². The number of likely N-dealkylation sites (tertiary alicyclic amines) is 2. The standard InChI is InChI=1S/C20H27N5O3/c1-22-17(26)7-6-16(19(22)27)25-15-5-3-4-13(18(15)23(2)20(25)28)12-24-10-8-14(21)9-11-24/h3-5,14,16H,6-12,21H2,1-2H3. The van der Waals surface area contributed by atoms with Crippen molar-refractivity contribution in [1.82, 2.24) is 18.9 Å². The number of nitrogens with two attached hydrogens (primary N) is 1. The molecule has 0 aliphatic carbocycles. The Morgan fingerprint density at radius 3 is 2.50 bits per heavy atom. The molecule has 8 nitrogen and oxygen atoms in total. The number of hydrogen-bond acceptors (Lipinski definition) is 5. The fourth-order valence-electron chi connectivity index (χ4n) is 4.44. The quantitative estimate of drug-likeness (QED) is 0.781. The van der Waals surface area contributed by atoms with Gasteiger partial charge in [0, 0.05) is 33.1 Å². The molecule has 0 spiro atoms. The minimum Gasteiger partial charge on any atom is -0.328 e. The summed E-state index contributed by atoms with van der Waals surface area (Å²) in [4.78, 5) is 41.1. The van der Waals surface area contributed by atoms with Gasteiger partial charge in [0.1, 0.15) is 6.04 Å². The van der Waals surface area contributed by atoms with E-state index in [9.17, 15) is 14.4 Å². The SMILES string of the molecule is CN1C(=O)CCC(n2c(=O)n(C)c3c(CN4CCC(N)CC4)cccc32)C1=O. The van der Waals surface area contributed by atoms with E-state index >= 15 is 0 Å². The predicted octanol–water partition coefficient (Wildman–Crippen LogP) is 0.583. The first-order valence-corrected chi connectivity index (χ1v) is 9.85. The number of imidazole rings is 1. The van der Waals surface area contributed by atoms with Crippen molar-refractivity contribution in [2.75, 3.05) is 20.1 Å². The molecule has 3 heterocycles. The van der Waals surface area contributed by atoms with E-state index in [2.05, 4.69) is 4.90 Å². The molecule has 2 aliphatic heterocycles. The summed E-state index contributed by atoms with van der Waals surface area (Å²) in [7, 11) is 3.23. The van der Waals surface area contributed by atoms with Crippen LogP contribution < -0.4 is 11.4 Å². The summed E-state index contributed by atoms with van der Waals surface area (Å²) < 4.78 is 3.19. The molecule has 1 unspecified atom stereocenters. The summed E-state index contributed by atoms with van der Waals surface area (Å²) in [6, 6.07) is 5.50. The second-order valence-electron chi connectivity index (χ2n) is 7.96. The Balaban J connectivity index is 1.74. The lowest BCUT2D eigenvalue weighted by molar-refractivity contribution is -0.149. The fraction of sp³-hybridized carbons (Fsp3) is 0.550. The summed E-state index contributed by atoms with van der Waals surface area (Å²) in [6.07, 6.45) is 2.58. The van der Waals surface area contributed by atoms with Crippen LogP contribution in [0, 0.1) is 0 Å². The van der Waals surface area contributed by atoms with Gasteiger partial charge in [0.25, 0.3) is 5.91 Å². The van der Waals surface area contributed by atoms with Crippen molar-refractivity contribution in [2.45, 2.75) is 44.3 Å². The van der Waals surface area contributed by atoms with Crippen LogP contribution in [0.5, 0.6) is 0 Å². The summed E-state index contributed by atoms with van der Waals surface area (Å²) in [5, 5.41) is 0. The van der Waals surface area contributed by atoms with Crippen LogP contribution in [0.3, 0.4) is 0 Å². The number of imide groups is 1. The molecular weight excluding hydrogens is 358 g/mol. The maximum atomic E-state index is 13.0. The number of para-hydroxylation sites is 1. The Labute approximate surface area is 163 Å². The first kappa shape index (κ1) is 18.9. The number of piperidine rings is 2. The third-order valence-electron chi connectivity index (χ3n) is 6.15. The van der Waals surface area contributed by atoms with Crippen LogP contribution >= 0.6 is 0 Å². The minimum absolute atomic E-state index is 0.196. The molecule has 2 N–H and O–H groups in total. The number of carbonyl (C=O) groups is 2. The fourth-order valence-corrected chi connectivity index (χ4v) is 4.44. The molecule has 2 aromatic rings. The van der Waals surface area contributed by atoms with E-state index in [4.69, 9.17) is 5.73 Å². The number of carbonyl (C=O) groups excluding carboxylic acids is 2. The lowest BCUT2D eigenvalue weighted by Gasteiger charge is -2.30. The van der Waals surface area contributed by atoms with E-state index in [1.54, 1.807) is 16.2 Å². The van der Waals surface area contributed by atoms with Gasteiger partial charge >= 0.3 is 5.69 Å². The smallest absolute Gasteiger partial charge is 0.328 e. The van der Waals surface area contributed by atoms with Gasteiger partial charge in [0.15, 0.2) is 0 Å². The van der Waals surface area contributed by atoms with Gasteiger partial charge in [-0.2, -0.15) is 0 Å². The molecule has 0 bridgehead atoms. The highest BCUT2D eigenvalue weighted by Crippen LogP contribution is 2.28. The first-order valence-electron chi connectivity index (χ1n) is 9.85. The second kappa shape index (κ2) is 7.18. The summed E-state index contributed by atoms with van der Waals surface area (Å²) in [5.41, 5.74) is 8.47. The van der Waals surface area contributed by atoms with E-state index < -0.39 is 6.04 Å². The highest BCUT2D eigenvalue weighted by Gasteiger charge is 2.35. The highest BCUT2D eigenvalue weighted by molar-refractivity contribution is 6.00. The molecule has 28 heavy (non-hydrogen) atoms. The maximum absolute atomic E-state index is 13.0. The third-order valence-corrected chi connectivity index (χ3v) is 6.15. The third kappa shape index (κ3) is 3.06. The average Bonchev–Trinajstić information content (AvgIpc) is 2.94. The van der Waals surface area contributed by atoms with Gasteiger partial charge in [-0.3, -0.25) is 28.5 Å². The van der Waals surface area contributed by atoms with E-state index in [1.165, 1.54) is 7.05 Å². The van der Waals surface area contributed by atoms with Gasteiger partial charge in [0.05, 0.1) is 11.0 Å². The molecule has 4 rings (SSSR count). The average molecular weight is 385 g/mol. The molecule has 2 amide bonds. The Kier molecular flexibility index (Phi) is 4.84. The zero-order valence-electron chi connectivity index (χ0n) is 16.4. The number of amides is 2. The highest BCUT2D eigenvalue weighted by atomic mass is 16.2. The molecule has 0 radical (unpaired) electrons. The first-order chi connectivity index (χ1) is 13.4. The monoisotopic (exact) mass is 385 g/mol. The van der Waals surface area contributed by atoms with Crippen LogP contribution in [0.2, 0.25) is 0 Å². The zero-order valence-corrected chi connectivity index (χ0v) is 16.4. The van der Waals surface area contributed by atoms with Gasteiger partial charge in [0.2, 0.25) is 5.91 Å². The van der Waals surface area contributed by atoms with Crippen molar-refractivity contribution in [2.24, 2.45) is 12.8 Å². The summed E-state index contributed by atoms with van der Waals surface area (Å²) in [5.74, 6) is -0.514. The number of likely N-dealkylation sites (N-methyl/N-ethyl adjacent to an activating group) is 1. The van der Waals surface area contributed by atoms with Crippen molar-refractivity contribution in [3.05, 3.63) is 34.2 Å². The Bertz CT molecular complexity index is 984. The molecule has 8 heteroatoms. The van der Waals surface area contributed by atoms with E-state index in [0.717, 1.165) is 54.0 Å². The van der Waals surface area contributed by atoms with Crippen LogP contribution in [0.1, 0.15) is 37.3 Å². The predicted molar refractivity (Wildman–Crippen MR) is 106 cm³/mol. The summed E-state index contributed by atoms with van der Waals surface area (Å²) >= 11 is 0. The number of aromatic nitrogens is 2. The number of aryl methyl sites for hydroxylation is 1. The lowest BCUT2D eigenvalue weighted by Crippen LogP contribution is -2.45. The molecule has 2 saturated heterocycles. The molecule has 1 aromatic carbocycles. The van der Waals surface area contributed by atoms with Crippen LogP contribution in [-0.2, 0) is 23.2 Å². The molecule has 1 aromatic heterocycles. The van der Waals surface area contributed by atoms with Gasteiger partial charge in [-0.15, -0.1) is 0 Å². The van der Waals surface area contributed by atoms with E-state index in [-0.39, 0.29) is 30.0 Å². The Morgan fingerprint density at radius 1 is 1.07 bits per heavy atom. The Morgan fingerprint density at radius 2 is 1.79 bits per heavy atom. The van der Waals surface area contributed by atoms with Gasteiger partial charge in [-0.05, 0) is 44.0 Å². The largest absolute Gasteiger partial charge is 0.329 e. The van der Waals surface area contributed by atoms with E-state index in [1.807, 2.05) is 18.2 Å². The van der Waals surface area contributed by atoms with Crippen LogP contribution in [0.25, 0.3) is 11.0 Å². The topological polar surface area (TPSA) is 93.6 Å².